The third-order valence-electron chi connectivity index (χ3n) is 5.29. The maximum absolute atomic E-state index is 13.1. The fraction of sp³-hybridized carbons (Fsp3) is 0.348. The third kappa shape index (κ3) is 5.04. The Morgan fingerprint density at radius 1 is 1.14 bits per heavy atom. The van der Waals surface area contributed by atoms with Crippen LogP contribution >= 0.6 is 11.3 Å². The molecule has 0 atom stereocenters. The van der Waals surface area contributed by atoms with Crippen LogP contribution in [0.25, 0.3) is 10.6 Å². The number of benzene rings is 2. The highest BCUT2D eigenvalue weighted by Crippen LogP contribution is 2.24. The van der Waals surface area contributed by atoms with Gasteiger partial charge in [0.05, 0.1) is 5.69 Å². The second-order valence-electron chi connectivity index (χ2n) is 7.57. The van der Waals surface area contributed by atoms with Gasteiger partial charge in [-0.1, -0.05) is 29.8 Å². The number of nitrogens with zero attached hydrogens (tertiary/aromatic N) is 2. The van der Waals surface area contributed by atoms with Gasteiger partial charge in [0.25, 0.3) is 0 Å². The van der Waals surface area contributed by atoms with Gasteiger partial charge in [-0.05, 0) is 62.7 Å². The summed E-state index contributed by atoms with van der Waals surface area (Å²) in [4.78, 5) is 7.24. The van der Waals surface area contributed by atoms with Crippen LogP contribution in [0.3, 0.4) is 0 Å². The lowest BCUT2D eigenvalue weighted by Crippen LogP contribution is -2.41. The number of thiazole rings is 1. The predicted molar refractivity (Wildman–Crippen MR) is 114 cm³/mol. The molecule has 5 heteroatoms. The Balaban J connectivity index is 1.24. The Hall–Kier alpha value is -2.08. The maximum atomic E-state index is 13.1. The second-order valence-corrected chi connectivity index (χ2v) is 8.43. The normalized spacial score (nSPS) is 15.8. The van der Waals surface area contributed by atoms with Crippen molar-refractivity contribution in [3.8, 4) is 10.6 Å². The number of aryl methyl sites for hydroxylation is 1. The molecule has 0 amide bonds. The zero-order chi connectivity index (χ0) is 19.3. The Labute approximate surface area is 170 Å². The number of hydrogen-bond acceptors (Lipinski definition) is 4. The fourth-order valence-electron chi connectivity index (χ4n) is 3.73. The van der Waals surface area contributed by atoms with Crippen LogP contribution in [0.1, 0.15) is 29.7 Å². The monoisotopic (exact) mass is 395 g/mol. The Morgan fingerprint density at radius 3 is 2.68 bits per heavy atom. The minimum atomic E-state index is -0.212. The largest absolute Gasteiger partial charge is 0.308 e. The van der Waals surface area contributed by atoms with Gasteiger partial charge in [0, 0.05) is 30.1 Å². The van der Waals surface area contributed by atoms with Crippen molar-refractivity contribution in [2.24, 2.45) is 0 Å². The average Bonchev–Trinajstić information content (AvgIpc) is 3.17. The molecule has 0 aliphatic carbocycles. The molecular formula is C23H26FN3S. The van der Waals surface area contributed by atoms with E-state index in [1.165, 1.54) is 36.1 Å². The first-order valence-corrected chi connectivity index (χ1v) is 10.8. The zero-order valence-electron chi connectivity index (χ0n) is 16.2. The minimum absolute atomic E-state index is 0.212. The molecule has 146 valence electrons. The first kappa shape index (κ1) is 19.2. The van der Waals surface area contributed by atoms with Crippen LogP contribution in [0.2, 0.25) is 0 Å². The summed E-state index contributed by atoms with van der Waals surface area (Å²) in [6, 6.07) is 15.9. The summed E-state index contributed by atoms with van der Waals surface area (Å²) in [5, 5.41) is 6.71. The summed E-state index contributed by atoms with van der Waals surface area (Å²) in [5.74, 6) is -0.212. The van der Waals surface area contributed by atoms with Crippen LogP contribution in [0, 0.1) is 12.7 Å². The molecule has 1 N–H and O–H groups in total. The van der Waals surface area contributed by atoms with E-state index in [1.54, 1.807) is 23.5 Å². The molecular weight excluding hydrogens is 369 g/mol. The van der Waals surface area contributed by atoms with E-state index in [1.807, 2.05) is 0 Å². The van der Waals surface area contributed by atoms with Crippen molar-refractivity contribution in [2.45, 2.75) is 38.9 Å². The molecule has 0 bridgehead atoms. The van der Waals surface area contributed by atoms with Crippen LogP contribution in [0.5, 0.6) is 0 Å². The van der Waals surface area contributed by atoms with Gasteiger partial charge in [0.15, 0.2) is 0 Å². The molecule has 2 aromatic carbocycles. The van der Waals surface area contributed by atoms with Crippen LogP contribution in [-0.4, -0.2) is 29.0 Å². The van der Waals surface area contributed by atoms with E-state index in [4.69, 9.17) is 4.98 Å². The predicted octanol–water partition coefficient (Wildman–Crippen LogP) is 5.01. The van der Waals surface area contributed by atoms with E-state index in [0.717, 1.165) is 42.4 Å². The molecule has 0 unspecified atom stereocenters. The van der Waals surface area contributed by atoms with Crippen molar-refractivity contribution in [3.05, 3.63) is 76.5 Å². The molecule has 0 spiro atoms. The molecule has 1 aliphatic rings. The summed E-state index contributed by atoms with van der Waals surface area (Å²) in [7, 11) is 0. The molecule has 0 radical (unpaired) electrons. The van der Waals surface area contributed by atoms with E-state index >= 15 is 0 Å². The molecule has 0 saturated carbocycles. The first-order valence-electron chi connectivity index (χ1n) is 9.87. The molecule has 1 fully saturated rings. The summed E-state index contributed by atoms with van der Waals surface area (Å²) >= 11 is 1.62. The van der Waals surface area contributed by atoms with Crippen molar-refractivity contribution in [2.75, 3.05) is 13.1 Å². The summed E-state index contributed by atoms with van der Waals surface area (Å²) < 4.78 is 13.1. The molecule has 1 aromatic heterocycles. The van der Waals surface area contributed by atoms with Gasteiger partial charge in [-0.2, -0.15) is 0 Å². The van der Waals surface area contributed by atoms with Gasteiger partial charge in [-0.15, -0.1) is 11.3 Å². The lowest BCUT2D eigenvalue weighted by Gasteiger charge is -2.32. The Bertz CT molecular complexity index is 898. The summed E-state index contributed by atoms with van der Waals surface area (Å²) in [5.41, 5.74) is 4.77. The van der Waals surface area contributed by atoms with Crippen molar-refractivity contribution < 1.29 is 4.39 Å². The SMILES string of the molecule is Cc1cccc(CN2CCC(NCc3csc(-c4ccc(F)cc4)n3)CC2)c1. The number of hydrogen-bond donors (Lipinski definition) is 1. The molecule has 2 heterocycles. The first-order chi connectivity index (χ1) is 13.7. The van der Waals surface area contributed by atoms with Crippen LogP contribution < -0.4 is 5.32 Å². The summed E-state index contributed by atoms with van der Waals surface area (Å²) in [6.07, 6.45) is 2.33. The Morgan fingerprint density at radius 2 is 1.93 bits per heavy atom. The van der Waals surface area contributed by atoms with E-state index in [2.05, 4.69) is 46.8 Å². The van der Waals surface area contributed by atoms with E-state index in [-0.39, 0.29) is 5.82 Å². The number of nitrogens with one attached hydrogen (secondary N) is 1. The van der Waals surface area contributed by atoms with Gasteiger partial charge >= 0.3 is 0 Å². The topological polar surface area (TPSA) is 28.2 Å². The van der Waals surface area contributed by atoms with Gasteiger partial charge in [-0.3, -0.25) is 4.90 Å². The molecule has 3 nitrogen and oxygen atoms in total. The molecule has 28 heavy (non-hydrogen) atoms. The fourth-order valence-corrected chi connectivity index (χ4v) is 4.55. The average molecular weight is 396 g/mol. The van der Waals surface area contributed by atoms with Crippen molar-refractivity contribution in [1.82, 2.24) is 15.2 Å². The quantitative estimate of drug-likeness (QED) is 0.636. The zero-order valence-corrected chi connectivity index (χ0v) is 17.0. The number of aromatic nitrogens is 1. The smallest absolute Gasteiger partial charge is 0.123 e. The van der Waals surface area contributed by atoms with Gasteiger partial charge in [-0.25, -0.2) is 9.37 Å². The number of piperidine rings is 1. The number of likely N-dealkylation sites (tertiary alicyclic amines) is 1. The highest BCUT2D eigenvalue weighted by Gasteiger charge is 2.19. The van der Waals surface area contributed by atoms with Crippen LogP contribution in [-0.2, 0) is 13.1 Å². The maximum Gasteiger partial charge on any atom is 0.123 e. The van der Waals surface area contributed by atoms with Gasteiger partial charge < -0.3 is 5.32 Å². The third-order valence-corrected chi connectivity index (χ3v) is 6.23. The Kier molecular flexibility index (Phi) is 6.15. The lowest BCUT2D eigenvalue weighted by atomic mass is 10.0. The number of halogens is 1. The van der Waals surface area contributed by atoms with Crippen LogP contribution in [0.4, 0.5) is 4.39 Å². The van der Waals surface area contributed by atoms with Gasteiger partial charge in [0.1, 0.15) is 10.8 Å². The standard InChI is InChI=1S/C23H26FN3S/c1-17-3-2-4-18(13-17)15-27-11-9-21(10-12-27)25-14-22-16-28-23(26-22)19-5-7-20(24)8-6-19/h2-8,13,16,21,25H,9-12,14-15H2,1H3. The number of rotatable bonds is 6. The lowest BCUT2D eigenvalue weighted by molar-refractivity contribution is 0.190. The van der Waals surface area contributed by atoms with Crippen LogP contribution in [0.15, 0.2) is 53.9 Å². The van der Waals surface area contributed by atoms with Crippen molar-refractivity contribution in [1.29, 1.82) is 0 Å². The minimum Gasteiger partial charge on any atom is -0.308 e. The summed E-state index contributed by atoms with van der Waals surface area (Å²) in [6.45, 7) is 6.24. The highest BCUT2D eigenvalue weighted by atomic mass is 32.1. The molecule has 4 rings (SSSR count). The second kappa shape index (κ2) is 8.95. The molecule has 3 aromatic rings. The van der Waals surface area contributed by atoms with Crippen molar-refractivity contribution in [3.63, 3.8) is 0 Å². The van der Waals surface area contributed by atoms with Gasteiger partial charge in [0.2, 0.25) is 0 Å². The van der Waals surface area contributed by atoms with E-state index in [9.17, 15) is 4.39 Å². The molecule has 1 saturated heterocycles. The molecule has 1 aliphatic heterocycles. The van der Waals surface area contributed by atoms with Crippen molar-refractivity contribution >= 4 is 11.3 Å². The highest BCUT2D eigenvalue weighted by molar-refractivity contribution is 7.13. The van der Waals surface area contributed by atoms with E-state index in [0.29, 0.717) is 6.04 Å². The van der Waals surface area contributed by atoms with E-state index < -0.39 is 0 Å².